The minimum absolute atomic E-state index is 0.0603. The van der Waals surface area contributed by atoms with Crippen LogP contribution in [0.1, 0.15) is 22.7 Å². The first-order chi connectivity index (χ1) is 15.3. The number of methoxy groups -OCH3 is 1. The van der Waals surface area contributed by atoms with Crippen LogP contribution in [0.4, 0.5) is 10.1 Å². The molecule has 1 amide bonds. The normalized spacial score (nSPS) is 17.6. The summed E-state index contributed by atoms with van der Waals surface area (Å²) in [5.74, 6) is -2.02. The Morgan fingerprint density at radius 3 is 2.41 bits per heavy atom. The molecule has 0 radical (unpaired) electrons. The number of hydrogen-bond donors (Lipinski definition) is 1. The molecule has 1 unspecified atom stereocenters. The van der Waals surface area contributed by atoms with E-state index in [1.54, 1.807) is 55.5 Å². The van der Waals surface area contributed by atoms with Crippen LogP contribution in [-0.4, -0.2) is 23.9 Å². The van der Waals surface area contributed by atoms with Gasteiger partial charge in [-0.15, -0.1) is 0 Å². The topological polar surface area (TPSA) is 66.8 Å². The maximum Gasteiger partial charge on any atom is 0.300 e. The molecular formula is C25H19ClFNO4. The van der Waals surface area contributed by atoms with Crippen LogP contribution in [0.5, 0.6) is 5.75 Å². The van der Waals surface area contributed by atoms with E-state index in [-0.39, 0.29) is 22.0 Å². The number of nitrogens with zero attached hydrogens (tertiary/aromatic N) is 1. The Labute approximate surface area is 189 Å². The molecule has 3 aromatic carbocycles. The van der Waals surface area contributed by atoms with Gasteiger partial charge in [0.05, 0.1) is 23.7 Å². The zero-order valence-corrected chi connectivity index (χ0v) is 18.1. The zero-order valence-electron chi connectivity index (χ0n) is 17.3. The molecule has 1 atom stereocenters. The van der Waals surface area contributed by atoms with Gasteiger partial charge in [-0.05, 0) is 54.4 Å². The van der Waals surface area contributed by atoms with Crippen LogP contribution in [-0.2, 0) is 9.59 Å². The summed E-state index contributed by atoms with van der Waals surface area (Å²) in [6, 6.07) is 16.7. The number of ketones is 1. The Morgan fingerprint density at radius 2 is 1.78 bits per heavy atom. The molecule has 5 nitrogen and oxygen atoms in total. The lowest BCUT2D eigenvalue weighted by molar-refractivity contribution is -0.132. The average molecular weight is 452 g/mol. The highest BCUT2D eigenvalue weighted by Gasteiger charge is 2.47. The summed E-state index contributed by atoms with van der Waals surface area (Å²) in [4.78, 5) is 27.5. The monoisotopic (exact) mass is 451 g/mol. The van der Waals surface area contributed by atoms with Crippen molar-refractivity contribution in [2.24, 2.45) is 0 Å². The standard InChI is InChI=1S/C25H19ClFNO4/c1-14-12-17(32-2)9-10-18(14)23(29)21-22(15-6-4-3-5-7-15)28(25(31)24(21)30)16-8-11-20(27)19(26)13-16/h3-13,22,29H,1-2H3/b23-21+. The molecule has 32 heavy (non-hydrogen) atoms. The summed E-state index contributed by atoms with van der Waals surface area (Å²) in [5.41, 5.74) is 1.87. The van der Waals surface area contributed by atoms with Crippen molar-refractivity contribution in [3.63, 3.8) is 0 Å². The maximum atomic E-state index is 13.8. The van der Waals surface area contributed by atoms with Crippen molar-refractivity contribution in [2.45, 2.75) is 13.0 Å². The van der Waals surface area contributed by atoms with E-state index >= 15 is 0 Å². The molecule has 1 heterocycles. The highest BCUT2D eigenvalue weighted by Crippen LogP contribution is 2.43. The van der Waals surface area contributed by atoms with Gasteiger partial charge in [-0.1, -0.05) is 41.9 Å². The molecule has 1 fully saturated rings. The maximum absolute atomic E-state index is 13.8. The Kier molecular flexibility index (Phi) is 5.72. The zero-order chi connectivity index (χ0) is 23.0. The van der Waals surface area contributed by atoms with Gasteiger partial charge in [-0.3, -0.25) is 14.5 Å². The SMILES string of the molecule is COc1ccc(/C(O)=C2\C(=O)C(=O)N(c3ccc(F)c(Cl)c3)C2c2ccccc2)c(C)c1. The minimum Gasteiger partial charge on any atom is -0.507 e. The van der Waals surface area contributed by atoms with Crippen LogP contribution in [0.2, 0.25) is 5.02 Å². The summed E-state index contributed by atoms with van der Waals surface area (Å²) < 4.78 is 19.0. The van der Waals surface area contributed by atoms with Gasteiger partial charge in [0.2, 0.25) is 0 Å². The van der Waals surface area contributed by atoms with E-state index in [1.165, 1.54) is 24.1 Å². The van der Waals surface area contributed by atoms with E-state index < -0.39 is 23.5 Å². The number of carbonyl (C=O) groups excluding carboxylic acids is 2. The second kappa shape index (κ2) is 8.48. The molecule has 1 saturated heterocycles. The molecule has 162 valence electrons. The van der Waals surface area contributed by atoms with Gasteiger partial charge >= 0.3 is 0 Å². The number of aryl methyl sites for hydroxylation is 1. The van der Waals surface area contributed by atoms with Crippen LogP contribution in [0.15, 0.2) is 72.3 Å². The number of aliphatic hydroxyl groups excluding tert-OH is 1. The molecule has 4 rings (SSSR count). The van der Waals surface area contributed by atoms with Crippen LogP contribution in [0, 0.1) is 12.7 Å². The lowest BCUT2D eigenvalue weighted by atomic mass is 9.94. The fourth-order valence-corrected chi connectivity index (χ4v) is 4.03. The van der Waals surface area contributed by atoms with Crippen LogP contribution >= 0.6 is 11.6 Å². The fourth-order valence-electron chi connectivity index (χ4n) is 3.86. The number of rotatable bonds is 4. The molecule has 0 spiro atoms. The number of aliphatic hydroxyl groups is 1. The average Bonchev–Trinajstić information content (AvgIpc) is 3.06. The van der Waals surface area contributed by atoms with Crippen molar-refractivity contribution >= 4 is 34.7 Å². The molecular weight excluding hydrogens is 433 g/mol. The minimum atomic E-state index is -0.917. The van der Waals surface area contributed by atoms with Crippen molar-refractivity contribution in [2.75, 3.05) is 12.0 Å². The third-order valence-corrected chi connectivity index (χ3v) is 5.72. The van der Waals surface area contributed by atoms with Crippen molar-refractivity contribution < 1.29 is 23.8 Å². The summed E-state index contributed by atoms with van der Waals surface area (Å²) in [7, 11) is 1.53. The lowest BCUT2D eigenvalue weighted by Gasteiger charge is -2.25. The van der Waals surface area contributed by atoms with Crippen molar-refractivity contribution in [1.29, 1.82) is 0 Å². The van der Waals surface area contributed by atoms with Crippen molar-refractivity contribution in [1.82, 2.24) is 0 Å². The van der Waals surface area contributed by atoms with E-state index in [4.69, 9.17) is 16.3 Å². The molecule has 3 aromatic rings. The van der Waals surface area contributed by atoms with E-state index in [2.05, 4.69) is 0 Å². The molecule has 0 aliphatic carbocycles. The number of ether oxygens (including phenoxy) is 1. The van der Waals surface area contributed by atoms with Gasteiger partial charge in [0.25, 0.3) is 11.7 Å². The van der Waals surface area contributed by atoms with Crippen LogP contribution < -0.4 is 9.64 Å². The van der Waals surface area contributed by atoms with E-state index in [0.717, 1.165) is 6.07 Å². The van der Waals surface area contributed by atoms with Crippen LogP contribution in [0.3, 0.4) is 0 Å². The molecule has 0 aromatic heterocycles. The third kappa shape index (κ3) is 3.63. The third-order valence-electron chi connectivity index (χ3n) is 5.43. The van der Waals surface area contributed by atoms with Gasteiger partial charge in [-0.2, -0.15) is 0 Å². The summed E-state index contributed by atoms with van der Waals surface area (Å²) >= 11 is 5.94. The highest BCUT2D eigenvalue weighted by atomic mass is 35.5. The van der Waals surface area contributed by atoms with Gasteiger partial charge in [-0.25, -0.2) is 4.39 Å². The highest BCUT2D eigenvalue weighted by molar-refractivity contribution is 6.51. The van der Waals surface area contributed by atoms with Crippen molar-refractivity contribution in [3.8, 4) is 5.75 Å². The van der Waals surface area contributed by atoms with Crippen molar-refractivity contribution in [3.05, 3.63) is 99.8 Å². The summed E-state index contributed by atoms with van der Waals surface area (Å²) in [6.07, 6.45) is 0. The second-order valence-electron chi connectivity index (χ2n) is 7.36. The predicted molar refractivity (Wildman–Crippen MR) is 120 cm³/mol. The number of anilines is 1. The number of carbonyl (C=O) groups is 2. The summed E-state index contributed by atoms with van der Waals surface area (Å²) in [6.45, 7) is 1.77. The summed E-state index contributed by atoms with van der Waals surface area (Å²) in [5, 5.41) is 11.0. The van der Waals surface area contributed by atoms with E-state index in [0.29, 0.717) is 22.4 Å². The first kappa shape index (κ1) is 21.6. The largest absolute Gasteiger partial charge is 0.507 e. The van der Waals surface area contributed by atoms with Gasteiger partial charge < -0.3 is 9.84 Å². The quantitative estimate of drug-likeness (QED) is 0.326. The molecule has 1 aliphatic rings. The molecule has 0 bridgehead atoms. The number of benzene rings is 3. The number of hydrogen-bond acceptors (Lipinski definition) is 4. The fraction of sp³-hybridized carbons (Fsp3) is 0.120. The first-order valence-corrected chi connectivity index (χ1v) is 10.2. The van der Waals surface area contributed by atoms with E-state index in [9.17, 15) is 19.1 Å². The smallest absolute Gasteiger partial charge is 0.300 e. The number of amides is 1. The Morgan fingerprint density at radius 1 is 1.06 bits per heavy atom. The molecule has 1 N–H and O–H groups in total. The Hall–Kier alpha value is -3.64. The van der Waals surface area contributed by atoms with Gasteiger partial charge in [0.15, 0.2) is 0 Å². The number of halogens is 2. The second-order valence-corrected chi connectivity index (χ2v) is 7.77. The lowest BCUT2D eigenvalue weighted by Crippen LogP contribution is -2.29. The molecule has 1 aliphatic heterocycles. The number of Topliss-reactive ketones (excluding diaryl/α,β-unsaturated/α-hetero) is 1. The van der Waals surface area contributed by atoms with E-state index in [1.807, 2.05) is 0 Å². The Balaban J connectivity index is 1.95. The predicted octanol–water partition coefficient (Wildman–Crippen LogP) is 5.42. The first-order valence-electron chi connectivity index (χ1n) is 9.79. The molecule has 7 heteroatoms. The van der Waals surface area contributed by atoms with Gasteiger partial charge in [0.1, 0.15) is 17.3 Å². The molecule has 0 saturated carbocycles. The van der Waals surface area contributed by atoms with Gasteiger partial charge in [0, 0.05) is 11.3 Å². The van der Waals surface area contributed by atoms with Crippen LogP contribution in [0.25, 0.3) is 5.76 Å². The Bertz CT molecular complexity index is 1260.